The van der Waals surface area contributed by atoms with Crippen LogP contribution in [0.2, 0.25) is 0 Å². The van der Waals surface area contributed by atoms with Crippen molar-refractivity contribution in [3.8, 4) is 22.5 Å². The number of nitrogens with zero attached hydrogens (tertiary/aromatic N) is 3. The highest BCUT2D eigenvalue weighted by Crippen LogP contribution is 2.47. The Morgan fingerprint density at radius 2 is 1.62 bits per heavy atom. The maximum Gasteiger partial charge on any atom is 0.175 e. The molecular weight excluding hydrogens is 525 g/mol. The summed E-state index contributed by atoms with van der Waals surface area (Å²) in [7, 11) is -1.31. The lowest BCUT2D eigenvalue weighted by Gasteiger charge is -2.46. The lowest BCUT2D eigenvalue weighted by atomic mass is 9.79. The van der Waals surface area contributed by atoms with Crippen LogP contribution in [0.3, 0.4) is 0 Å². The Hall–Kier alpha value is -3.07. The molecule has 40 heavy (non-hydrogen) atoms. The Balaban J connectivity index is 1.34. The molecule has 2 unspecified atom stereocenters. The van der Waals surface area contributed by atoms with Crippen molar-refractivity contribution in [2.75, 3.05) is 6.26 Å². The van der Waals surface area contributed by atoms with Gasteiger partial charge >= 0.3 is 0 Å². The molecule has 0 spiro atoms. The highest BCUT2D eigenvalue weighted by Gasteiger charge is 2.49. The third-order valence-corrected chi connectivity index (χ3v) is 10.1. The second kappa shape index (κ2) is 9.50. The van der Waals surface area contributed by atoms with Gasteiger partial charge in [-0.15, -0.1) is 0 Å². The fourth-order valence-corrected chi connectivity index (χ4v) is 7.79. The average molecular weight is 562 g/mol. The number of pyridine rings is 1. The van der Waals surface area contributed by atoms with Crippen molar-refractivity contribution in [1.29, 1.82) is 0 Å². The summed E-state index contributed by atoms with van der Waals surface area (Å²) in [6, 6.07) is 17.0. The highest BCUT2D eigenvalue weighted by atomic mass is 32.2. The minimum atomic E-state index is -3.27. The summed E-state index contributed by atoms with van der Waals surface area (Å²) in [5.41, 5.74) is 4.15. The van der Waals surface area contributed by atoms with Crippen LogP contribution < -0.4 is 0 Å². The van der Waals surface area contributed by atoms with Crippen LogP contribution >= 0.6 is 0 Å². The van der Waals surface area contributed by atoms with Crippen LogP contribution in [0.4, 0.5) is 4.39 Å². The number of hydrogen-bond acceptors (Lipinski definition) is 5. The second-order valence-corrected chi connectivity index (χ2v) is 14.0. The Bertz CT molecular complexity index is 1710. The summed E-state index contributed by atoms with van der Waals surface area (Å²) < 4.78 is 41.5. The van der Waals surface area contributed by atoms with Crippen molar-refractivity contribution in [3.05, 3.63) is 71.7 Å². The standard InChI is InChI=1S/C32H36FN3O3S/c1-19(2)36-23-9-10-24(36)18-32(37,17-23)27-13-8-22(14-28(27)33)29-16-31-26(20(3)34-29)15-30(35(31)4)21-6-11-25(12-7-21)40(5,38)39/h6-8,11-16,19,23-24,37H,9-10,17-18H2,1-5H3. The Labute approximate surface area is 235 Å². The number of benzene rings is 2. The van der Waals surface area contributed by atoms with Crippen LogP contribution in [-0.4, -0.2) is 52.4 Å². The zero-order valence-electron chi connectivity index (χ0n) is 23.6. The quantitative estimate of drug-likeness (QED) is 0.324. The summed E-state index contributed by atoms with van der Waals surface area (Å²) >= 11 is 0. The Morgan fingerprint density at radius 3 is 2.20 bits per heavy atom. The molecule has 2 aliphatic heterocycles. The van der Waals surface area contributed by atoms with E-state index in [1.165, 1.54) is 12.3 Å². The van der Waals surface area contributed by atoms with Crippen LogP contribution in [0.15, 0.2) is 59.5 Å². The van der Waals surface area contributed by atoms with Gasteiger partial charge in [0.1, 0.15) is 5.82 Å². The topological polar surface area (TPSA) is 75.4 Å². The van der Waals surface area contributed by atoms with Crippen molar-refractivity contribution in [1.82, 2.24) is 14.5 Å². The molecule has 0 aliphatic carbocycles. The van der Waals surface area contributed by atoms with Crippen LogP contribution in [0.5, 0.6) is 0 Å². The first-order chi connectivity index (χ1) is 18.9. The fraction of sp³-hybridized carbons (Fsp3) is 0.406. The predicted molar refractivity (Wildman–Crippen MR) is 156 cm³/mol. The third kappa shape index (κ3) is 4.46. The van der Waals surface area contributed by atoms with Gasteiger partial charge in [-0.25, -0.2) is 12.8 Å². The molecule has 0 amide bonds. The molecular formula is C32H36FN3O3S. The summed E-state index contributed by atoms with van der Waals surface area (Å²) in [4.78, 5) is 7.58. The normalized spacial score (nSPS) is 23.4. The number of aryl methyl sites for hydroxylation is 2. The molecule has 2 atom stereocenters. The molecule has 2 fully saturated rings. The predicted octanol–water partition coefficient (Wildman–Crippen LogP) is 5.98. The van der Waals surface area contributed by atoms with E-state index >= 15 is 4.39 Å². The van der Waals surface area contributed by atoms with E-state index in [0.717, 1.165) is 40.7 Å². The molecule has 1 N–H and O–H groups in total. The molecule has 210 valence electrons. The minimum Gasteiger partial charge on any atom is -0.385 e. The van der Waals surface area contributed by atoms with Gasteiger partial charge in [0, 0.05) is 59.3 Å². The summed E-state index contributed by atoms with van der Waals surface area (Å²) in [6.07, 6.45) is 4.41. The van der Waals surface area contributed by atoms with Crippen molar-refractivity contribution < 1.29 is 17.9 Å². The van der Waals surface area contributed by atoms with E-state index in [4.69, 9.17) is 4.98 Å². The van der Waals surface area contributed by atoms with Crippen molar-refractivity contribution in [2.24, 2.45) is 7.05 Å². The number of halogens is 1. The molecule has 0 radical (unpaired) electrons. The van der Waals surface area contributed by atoms with Crippen molar-refractivity contribution in [3.63, 3.8) is 0 Å². The summed E-state index contributed by atoms with van der Waals surface area (Å²) in [5, 5.41) is 12.6. The van der Waals surface area contributed by atoms with Gasteiger partial charge < -0.3 is 9.67 Å². The molecule has 2 saturated heterocycles. The molecule has 2 aromatic carbocycles. The van der Waals surface area contributed by atoms with Gasteiger partial charge in [-0.3, -0.25) is 9.88 Å². The van der Waals surface area contributed by atoms with Gasteiger partial charge in [-0.2, -0.15) is 0 Å². The summed E-state index contributed by atoms with van der Waals surface area (Å²) in [6.45, 7) is 6.33. The first-order valence-corrected chi connectivity index (χ1v) is 15.8. The second-order valence-electron chi connectivity index (χ2n) is 12.0. The number of aliphatic hydroxyl groups is 1. The van der Waals surface area contributed by atoms with E-state index in [9.17, 15) is 13.5 Å². The van der Waals surface area contributed by atoms with E-state index in [-0.39, 0.29) is 17.0 Å². The maximum atomic E-state index is 15.7. The van der Waals surface area contributed by atoms with E-state index in [1.54, 1.807) is 18.2 Å². The first-order valence-electron chi connectivity index (χ1n) is 13.9. The number of piperidine rings is 1. The number of aromatic nitrogens is 2. The number of fused-ring (bicyclic) bond motifs is 3. The molecule has 0 saturated carbocycles. The first kappa shape index (κ1) is 27.1. The largest absolute Gasteiger partial charge is 0.385 e. The molecule has 8 heteroatoms. The average Bonchev–Trinajstić information content (AvgIpc) is 3.38. The molecule has 6 rings (SSSR count). The van der Waals surface area contributed by atoms with Crippen LogP contribution in [0.25, 0.3) is 33.4 Å². The Morgan fingerprint density at radius 1 is 1.00 bits per heavy atom. The highest BCUT2D eigenvalue weighted by molar-refractivity contribution is 7.90. The summed E-state index contributed by atoms with van der Waals surface area (Å²) in [5.74, 6) is -0.393. The molecule has 2 bridgehead atoms. The van der Waals surface area contributed by atoms with Crippen molar-refractivity contribution >= 4 is 20.7 Å². The zero-order valence-corrected chi connectivity index (χ0v) is 24.5. The minimum absolute atomic E-state index is 0.281. The molecule has 4 heterocycles. The van der Waals surface area contributed by atoms with Crippen LogP contribution in [-0.2, 0) is 22.5 Å². The van der Waals surface area contributed by atoms with Gasteiger partial charge in [0.05, 0.1) is 21.7 Å². The maximum absolute atomic E-state index is 15.7. The number of sulfone groups is 1. The lowest BCUT2D eigenvalue weighted by molar-refractivity contribution is -0.0674. The van der Waals surface area contributed by atoms with Crippen LogP contribution in [0, 0.1) is 12.7 Å². The lowest BCUT2D eigenvalue weighted by Crippen LogP contribution is -2.52. The van der Waals surface area contributed by atoms with Gasteiger partial charge in [0.15, 0.2) is 9.84 Å². The monoisotopic (exact) mass is 561 g/mol. The van der Waals surface area contributed by atoms with Crippen molar-refractivity contribution in [2.45, 2.75) is 75.1 Å². The van der Waals surface area contributed by atoms with Gasteiger partial charge in [0.25, 0.3) is 0 Å². The molecule has 6 nitrogen and oxygen atoms in total. The zero-order chi connectivity index (χ0) is 28.6. The fourth-order valence-electron chi connectivity index (χ4n) is 7.16. The van der Waals surface area contributed by atoms with Crippen LogP contribution in [0.1, 0.15) is 50.8 Å². The smallest absolute Gasteiger partial charge is 0.175 e. The number of rotatable bonds is 5. The van der Waals surface area contributed by atoms with Gasteiger partial charge in [0.2, 0.25) is 0 Å². The van der Waals surface area contributed by atoms with E-state index in [2.05, 4.69) is 23.3 Å². The SMILES string of the molecule is Cc1nc(-c2ccc(C3(O)CC4CCC(C3)N4C(C)C)c(F)c2)cc2c1cc(-c1ccc(S(C)(=O)=O)cc1)n2C. The number of hydrogen-bond donors (Lipinski definition) is 1. The van der Waals surface area contributed by atoms with E-state index in [0.29, 0.717) is 35.7 Å². The van der Waals surface area contributed by atoms with Gasteiger partial charge in [-0.05, 0) is 82.3 Å². The van der Waals surface area contributed by atoms with E-state index < -0.39 is 21.3 Å². The Kier molecular flexibility index (Phi) is 6.44. The molecule has 2 aromatic heterocycles. The van der Waals surface area contributed by atoms with Gasteiger partial charge in [-0.1, -0.05) is 24.3 Å². The van der Waals surface area contributed by atoms with E-state index in [1.807, 2.05) is 44.3 Å². The molecule has 2 aliphatic rings. The molecule has 4 aromatic rings. The third-order valence-electron chi connectivity index (χ3n) is 8.99.